The van der Waals surface area contributed by atoms with Gasteiger partial charge >= 0.3 is 0 Å². The number of nitrogens with one attached hydrogen (secondary N) is 1. The molecule has 3 rings (SSSR count). The van der Waals surface area contributed by atoms with E-state index in [1.807, 2.05) is 31.2 Å². The molecule has 2 aromatic rings. The molecule has 2 unspecified atom stereocenters. The van der Waals surface area contributed by atoms with E-state index in [2.05, 4.69) is 5.32 Å². The van der Waals surface area contributed by atoms with Gasteiger partial charge in [0.25, 0.3) is 5.91 Å². The Labute approximate surface area is 144 Å². The molecule has 2 aromatic carbocycles. The SMILES string of the molecule is CC1=[N+]([O-])C(C(=O)Nc2cccc(F)c2F)C(c2ccc(C)cc2)C1. The van der Waals surface area contributed by atoms with Crippen LogP contribution in [0, 0.1) is 23.8 Å². The van der Waals surface area contributed by atoms with Crippen molar-refractivity contribution in [3.8, 4) is 0 Å². The summed E-state index contributed by atoms with van der Waals surface area (Å²) in [6.45, 7) is 3.62. The molecular formula is C19H18F2N2O2. The minimum Gasteiger partial charge on any atom is -0.623 e. The molecule has 0 bridgehead atoms. The van der Waals surface area contributed by atoms with Crippen LogP contribution in [-0.2, 0) is 4.79 Å². The molecular weight excluding hydrogens is 326 g/mol. The van der Waals surface area contributed by atoms with Gasteiger partial charge in [-0.15, -0.1) is 0 Å². The van der Waals surface area contributed by atoms with Crippen molar-refractivity contribution in [2.75, 3.05) is 5.32 Å². The van der Waals surface area contributed by atoms with Crippen LogP contribution in [0.5, 0.6) is 0 Å². The van der Waals surface area contributed by atoms with Crippen molar-refractivity contribution in [2.24, 2.45) is 0 Å². The normalized spacial score (nSPS) is 20.0. The quantitative estimate of drug-likeness (QED) is 0.681. The van der Waals surface area contributed by atoms with Crippen molar-refractivity contribution in [1.82, 2.24) is 0 Å². The summed E-state index contributed by atoms with van der Waals surface area (Å²) in [5.74, 6) is -3.18. The third kappa shape index (κ3) is 3.24. The second kappa shape index (κ2) is 6.63. The fourth-order valence-corrected chi connectivity index (χ4v) is 3.13. The zero-order chi connectivity index (χ0) is 18.1. The topological polar surface area (TPSA) is 55.2 Å². The van der Waals surface area contributed by atoms with Crippen molar-refractivity contribution < 1.29 is 18.3 Å². The van der Waals surface area contributed by atoms with E-state index in [0.717, 1.165) is 17.2 Å². The van der Waals surface area contributed by atoms with E-state index < -0.39 is 23.6 Å². The lowest BCUT2D eigenvalue weighted by Gasteiger charge is -2.19. The molecule has 1 heterocycles. The number of hydroxylamine groups is 1. The van der Waals surface area contributed by atoms with Crippen LogP contribution in [0.4, 0.5) is 14.5 Å². The van der Waals surface area contributed by atoms with Crippen LogP contribution < -0.4 is 5.32 Å². The maximum absolute atomic E-state index is 13.8. The van der Waals surface area contributed by atoms with Gasteiger partial charge < -0.3 is 10.5 Å². The van der Waals surface area contributed by atoms with Crippen LogP contribution in [0.3, 0.4) is 0 Å². The Balaban J connectivity index is 1.89. The van der Waals surface area contributed by atoms with E-state index in [0.29, 0.717) is 16.9 Å². The first-order chi connectivity index (χ1) is 11.9. The molecule has 1 aliphatic rings. The van der Waals surface area contributed by atoms with E-state index in [1.165, 1.54) is 12.1 Å². The highest BCUT2D eigenvalue weighted by molar-refractivity contribution is 5.97. The number of aryl methyl sites for hydroxylation is 1. The average Bonchev–Trinajstić information content (AvgIpc) is 2.88. The minimum absolute atomic E-state index is 0.273. The van der Waals surface area contributed by atoms with E-state index in [1.54, 1.807) is 6.92 Å². The smallest absolute Gasteiger partial charge is 0.295 e. The van der Waals surface area contributed by atoms with Crippen LogP contribution in [-0.4, -0.2) is 22.4 Å². The molecule has 2 atom stereocenters. The molecule has 6 heteroatoms. The standard InChI is InChI=1S/C19H18F2N2O2/c1-11-6-8-13(9-7-11)14-10-12(2)23(25)18(14)19(24)22-16-5-3-4-15(20)17(16)21/h3-9,14,18H,10H2,1-2H3,(H,22,24). The molecule has 0 aromatic heterocycles. The summed E-state index contributed by atoms with van der Waals surface area (Å²) in [6, 6.07) is 10.1. The molecule has 0 saturated carbocycles. The third-order valence-electron chi connectivity index (χ3n) is 4.51. The van der Waals surface area contributed by atoms with Gasteiger partial charge in [0, 0.05) is 13.3 Å². The molecule has 1 amide bonds. The third-order valence-corrected chi connectivity index (χ3v) is 4.51. The first kappa shape index (κ1) is 17.1. The maximum Gasteiger partial charge on any atom is 0.295 e. The predicted molar refractivity (Wildman–Crippen MR) is 91.6 cm³/mol. The fraction of sp³-hybridized carbons (Fsp3) is 0.263. The Morgan fingerprint density at radius 1 is 1.16 bits per heavy atom. The molecule has 0 aliphatic carbocycles. The Bertz CT molecular complexity index is 847. The van der Waals surface area contributed by atoms with Gasteiger partial charge in [0.05, 0.1) is 11.6 Å². The van der Waals surface area contributed by atoms with Gasteiger partial charge in [-0.3, -0.25) is 4.79 Å². The van der Waals surface area contributed by atoms with Crippen LogP contribution in [0.2, 0.25) is 0 Å². The summed E-state index contributed by atoms with van der Waals surface area (Å²) in [4.78, 5) is 12.6. The van der Waals surface area contributed by atoms with Crippen molar-refractivity contribution in [1.29, 1.82) is 0 Å². The number of hydrogen-bond donors (Lipinski definition) is 1. The van der Waals surface area contributed by atoms with E-state index in [-0.39, 0.29) is 11.6 Å². The first-order valence-corrected chi connectivity index (χ1v) is 7.98. The largest absolute Gasteiger partial charge is 0.623 e. The Morgan fingerprint density at radius 2 is 1.84 bits per heavy atom. The molecule has 1 N–H and O–H groups in total. The predicted octanol–water partition coefficient (Wildman–Crippen LogP) is 3.74. The molecule has 1 aliphatic heterocycles. The van der Waals surface area contributed by atoms with Crippen molar-refractivity contribution >= 4 is 17.3 Å². The number of amides is 1. The fourth-order valence-electron chi connectivity index (χ4n) is 3.13. The molecule has 25 heavy (non-hydrogen) atoms. The summed E-state index contributed by atoms with van der Waals surface area (Å²) >= 11 is 0. The van der Waals surface area contributed by atoms with Crippen LogP contribution in [0.1, 0.15) is 30.4 Å². The maximum atomic E-state index is 13.8. The second-order valence-corrected chi connectivity index (χ2v) is 6.32. The lowest BCUT2D eigenvalue weighted by atomic mass is 9.89. The number of hydrogen-bond acceptors (Lipinski definition) is 2. The molecule has 0 fully saturated rings. The summed E-state index contributed by atoms with van der Waals surface area (Å²) in [5.41, 5.74) is 2.20. The van der Waals surface area contributed by atoms with E-state index in [9.17, 15) is 18.8 Å². The highest BCUT2D eigenvalue weighted by Gasteiger charge is 2.43. The Kier molecular flexibility index (Phi) is 4.53. The monoisotopic (exact) mass is 344 g/mol. The van der Waals surface area contributed by atoms with Crippen molar-refractivity contribution in [2.45, 2.75) is 32.2 Å². The number of anilines is 1. The van der Waals surface area contributed by atoms with E-state index >= 15 is 0 Å². The summed E-state index contributed by atoms with van der Waals surface area (Å²) in [5, 5.41) is 14.7. The lowest BCUT2D eigenvalue weighted by molar-refractivity contribution is -0.479. The molecule has 0 spiro atoms. The number of rotatable bonds is 3. The van der Waals surface area contributed by atoms with Crippen LogP contribution in [0.25, 0.3) is 0 Å². The van der Waals surface area contributed by atoms with Crippen LogP contribution >= 0.6 is 0 Å². The number of halogens is 2. The van der Waals surface area contributed by atoms with Crippen molar-refractivity contribution in [3.63, 3.8) is 0 Å². The molecule has 0 radical (unpaired) electrons. The van der Waals surface area contributed by atoms with Crippen LogP contribution in [0.15, 0.2) is 42.5 Å². The van der Waals surface area contributed by atoms with Gasteiger partial charge in [-0.1, -0.05) is 35.9 Å². The lowest BCUT2D eigenvalue weighted by Crippen LogP contribution is -2.37. The average molecular weight is 344 g/mol. The van der Waals surface area contributed by atoms with Gasteiger partial charge in [0.1, 0.15) is 0 Å². The van der Waals surface area contributed by atoms with Crippen molar-refractivity contribution in [3.05, 3.63) is 70.4 Å². The van der Waals surface area contributed by atoms with Gasteiger partial charge in [-0.25, -0.2) is 13.5 Å². The summed E-state index contributed by atoms with van der Waals surface area (Å²) in [7, 11) is 0. The highest BCUT2D eigenvalue weighted by Crippen LogP contribution is 2.32. The van der Waals surface area contributed by atoms with E-state index in [4.69, 9.17) is 0 Å². The molecule has 4 nitrogen and oxygen atoms in total. The number of carbonyl (C=O) groups excluding carboxylic acids is 1. The summed E-state index contributed by atoms with van der Waals surface area (Å²) in [6.07, 6.45) is 0.441. The Morgan fingerprint density at radius 3 is 2.52 bits per heavy atom. The highest BCUT2D eigenvalue weighted by atomic mass is 19.2. The Hall–Kier alpha value is -2.76. The molecule has 0 saturated heterocycles. The number of carbonyl (C=O) groups is 1. The second-order valence-electron chi connectivity index (χ2n) is 6.32. The van der Waals surface area contributed by atoms with Gasteiger partial charge in [-0.05, 0) is 24.6 Å². The zero-order valence-corrected chi connectivity index (χ0v) is 13.9. The van der Waals surface area contributed by atoms with Gasteiger partial charge in [-0.2, -0.15) is 0 Å². The van der Waals surface area contributed by atoms with Gasteiger partial charge in [0.15, 0.2) is 17.3 Å². The summed E-state index contributed by atoms with van der Waals surface area (Å²) < 4.78 is 27.8. The first-order valence-electron chi connectivity index (χ1n) is 7.98. The zero-order valence-electron chi connectivity index (χ0n) is 13.9. The number of nitrogens with zero attached hydrogens (tertiary/aromatic N) is 1. The minimum atomic E-state index is -1.14. The molecule has 130 valence electrons. The van der Waals surface area contributed by atoms with Gasteiger partial charge in [0.2, 0.25) is 6.04 Å². The number of benzene rings is 2.